The van der Waals surface area contributed by atoms with Crippen molar-refractivity contribution in [1.29, 1.82) is 0 Å². The van der Waals surface area contributed by atoms with Gasteiger partial charge in [0.2, 0.25) is 5.91 Å². The zero-order chi connectivity index (χ0) is 28.2. The van der Waals surface area contributed by atoms with Gasteiger partial charge in [0, 0.05) is 30.9 Å². The zero-order valence-corrected chi connectivity index (χ0v) is 25.0. The van der Waals surface area contributed by atoms with Crippen LogP contribution in [0.4, 0.5) is 0 Å². The van der Waals surface area contributed by atoms with Crippen molar-refractivity contribution in [2.75, 3.05) is 26.3 Å². The first kappa shape index (κ1) is 32.8. The predicted molar refractivity (Wildman–Crippen MR) is 153 cm³/mol. The van der Waals surface area contributed by atoms with Crippen LogP contribution in [0.15, 0.2) is 36.7 Å². The number of hydrogen-bond acceptors (Lipinski definition) is 4. The van der Waals surface area contributed by atoms with E-state index in [0.717, 1.165) is 19.3 Å². The number of nitrogens with zero attached hydrogens (tertiary/aromatic N) is 1. The first-order valence-electron chi connectivity index (χ1n) is 13.9. The van der Waals surface area contributed by atoms with Gasteiger partial charge >= 0.3 is 0 Å². The fourth-order valence-electron chi connectivity index (χ4n) is 5.04. The van der Waals surface area contributed by atoms with Crippen LogP contribution in [0.1, 0.15) is 105 Å². The SMILES string of the molecule is CCCC(C)(C)CC=CC(C)(CC)C(C)(C)CC(C)(C)C(=O)NCCOCCNC(=O)c1cccnc1. The summed E-state index contributed by atoms with van der Waals surface area (Å²) in [7, 11) is 0. The Hall–Kier alpha value is -2.21. The van der Waals surface area contributed by atoms with E-state index in [1.807, 2.05) is 13.8 Å². The van der Waals surface area contributed by atoms with Gasteiger partial charge in [0.1, 0.15) is 0 Å². The van der Waals surface area contributed by atoms with E-state index in [0.29, 0.717) is 37.3 Å². The Morgan fingerprint density at radius 3 is 2.22 bits per heavy atom. The lowest BCUT2D eigenvalue weighted by molar-refractivity contribution is -0.132. The molecular formula is C31H53N3O3. The summed E-state index contributed by atoms with van der Waals surface area (Å²) < 4.78 is 5.59. The molecule has 1 heterocycles. The quantitative estimate of drug-likeness (QED) is 0.181. The highest BCUT2D eigenvalue weighted by Gasteiger charge is 2.43. The van der Waals surface area contributed by atoms with Gasteiger partial charge in [-0.3, -0.25) is 14.6 Å². The van der Waals surface area contributed by atoms with Gasteiger partial charge < -0.3 is 15.4 Å². The predicted octanol–water partition coefficient (Wildman–Crippen LogP) is 6.58. The summed E-state index contributed by atoms with van der Waals surface area (Å²) in [5.41, 5.74) is 0.269. The highest BCUT2D eigenvalue weighted by atomic mass is 16.5. The molecule has 2 amide bonds. The van der Waals surface area contributed by atoms with E-state index in [-0.39, 0.29) is 22.6 Å². The zero-order valence-electron chi connectivity index (χ0n) is 25.0. The number of ether oxygens (including phenoxy) is 1. The van der Waals surface area contributed by atoms with E-state index in [2.05, 4.69) is 76.2 Å². The molecule has 1 atom stereocenters. The van der Waals surface area contributed by atoms with Gasteiger partial charge in [-0.1, -0.05) is 80.9 Å². The summed E-state index contributed by atoms with van der Waals surface area (Å²) in [6.45, 7) is 21.8. The van der Waals surface area contributed by atoms with Crippen LogP contribution in [0.25, 0.3) is 0 Å². The van der Waals surface area contributed by atoms with Crippen LogP contribution >= 0.6 is 0 Å². The number of rotatable bonds is 17. The number of carbonyl (C=O) groups is 2. The molecule has 6 heteroatoms. The van der Waals surface area contributed by atoms with Crippen LogP contribution in [0.3, 0.4) is 0 Å². The summed E-state index contributed by atoms with van der Waals surface area (Å²) in [6.07, 6.45) is 13.2. The number of amides is 2. The minimum atomic E-state index is -0.507. The van der Waals surface area contributed by atoms with Crippen LogP contribution in [0.2, 0.25) is 0 Å². The monoisotopic (exact) mass is 515 g/mol. The van der Waals surface area contributed by atoms with Crippen molar-refractivity contribution in [2.45, 2.75) is 94.4 Å². The second kappa shape index (κ2) is 14.7. The summed E-state index contributed by atoms with van der Waals surface area (Å²) in [4.78, 5) is 29.0. The number of hydrogen-bond donors (Lipinski definition) is 2. The Balaban J connectivity index is 2.50. The van der Waals surface area contributed by atoms with Gasteiger partial charge in [-0.25, -0.2) is 0 Å². The molecule has 210 valence electrons. The van der Waals surface area contributed by atoms with Crippen molar-refractivity contribution in [3.8, 4) is 0 Å². The molecule has 1 rings (SSSR count). The van der Waals surface area contributed by atoms with Gasteiger partial charge in [0.05, 0.1) is 18.8 Å². The van der Waals surface area contributed by atoms with E-state index in [9.17, 15) is 9.59 Å². The number of carbonyl (C=O) groups excluding carboxylic acids is 2. The maximum Gasteiger partial charge on any atom is 0.252 e. The highest BCUT2D eigenvalue weighted by molar-refractivity contribution is 5.93. The summed E-state index contributed by atoms with van der Waals surface area (Å²) >= 11 is 0. The molecule has 0 saturated carbocycles. The molecule has 0 fully saturated rings. The Morgan fingerprint density at radius 1 is 1.00 bits per heavy atom. The molecule has 0 saturated heterocycles. The van der Waals surface area contributed by atoms with Crippen LogP contribution < -0.4 is 10.6 Å². The molecule has 0 spiro atoms. The van der Waals surface area contributed by atoms with Crippen molar-refractivity contribution in [3.05, 3.63) is 42.2 Å². The van der Waals surface area contributed by atoms with Crippen molar-refractivity contribution >= 4 is 11.8 Å². The van der Waals surface area contributed by atoms with Crippen LogP contribution in [0, 0.1) is 21.7 Å². The van der Waals surface area contributed by atoms with Gasteiger partial charge in [0.15, 0.2) is 0 Å². The molecule has 0 aliphatic rings. The lowest BCUT2D eigenvalue weighted by Gasteiger charge is -2.46. The minimum absolute atomic E-state index is 0.00377. The Labute approximate surface area is 226 Å². The first-order valence-corrected chi connectivity index (χ1v) is 13.9. The average Bonchev–Trinajstić information content (AvgIpc) is 2.82. The molecule has 6 nitrogen and oxygen atoms in total. The van der Waals surface area contributed by atoms with Crippen molar-refractivity contribution in [3.63, 3.8) is 0 Å². The van der Waals surface area contributed by atoms with Crippen molar-refractivity contribution < 1.29 is 14.3 Å². The van der Waals surface area contributed by atoms with Gasteiger partial charge in [-0.2, -0.15) is 0 Å². The lowest BCUT2D eigenvalue weighted by Crippen LogP contribution is -2.44. The molecule has 1 aromatic rings. The smallest absolute Gasteiger partial charge is 0.252 e. The fraction of sp³-hybridized carbons (Fsp3) is 0.710. The standard InChI is InChI=1S/C31H53N3O3/c1-10-15-28(3,4)16-13-17-31(9,11-2)30(7,8)24-29(5,6)27(36)34-20-22-37-21-19-33-26(35)25-14-12-18-32-23-25/h12-14,17-18,23H,10-11,15-16,19-22,24H2,1-9H3,(H,33,35)(H,34,36). The van der Waals surface area contributed by atoms with E-state index in [4.69, 9.17) is 4.74 Å². The van der Waals surface area contributed by atoms with Crippen molar-refractivity contribution in [1.82, 2.24) is 15.6 Å². The molecule has 1 unspecified atom stereocenters. The van der Waals surface area contributed by atoms with Crippen LogP contribution in [-0.4, -0.2) is 43.1 Å². The number of aromatic nitrogens is 1. The van der Waals surface area contributed by atoms with Gasteiger partial charge in [0.25, 0.3) is 5.91 Å². The minimum Gasteiger partial charge on any atom is -0.378 e. The number of pyridine rings is 1. The molecule has 2 N–H and O–H groups in total. The maximum atomic E-state index is 13.1. The van der Waals surface area contributed by atoms with Gasteiger partial charge in [-0.15, -0.1) is 0 Å². The molecule has 37 heavy (non-hydrogen) atoms. The second-order valence-electron chi connectivity index (χ2n) is 12.6. The third kappa shape index (κ3) is 11.0. The third-order valence-corrected chi connectivity index (χ3v) is 7.85. The Kier molecular flexibility index (Phi) is 13.0. The Morgan fingerprint density at radius 2 is 1.65 bits per heavy atom. The van der Waals surface area contributed by atoms with E-state index in [1.165, 1.54) is 19.0 Å². The first-order chi connectivity index (χ1) is 17.2. The van der Waals surface area contributed by atoms with Gasteiger partial charge in [-0.05, 0) is 54.1 Å². The molecule has 1 aromatic heterocycles. The highest BCUT2D eigenvalue weighted by Crippen LogP contribution is 2.50. The molecule has 0 aliphatic heterocycles. The molecule has 0 bridgehead atoms. The maximum absolute atomic E-state index is 13.1. The fourth-order valence-corrected chi connectivity index (χ4v) is 5.04. The van der Waals surface area contributed by atoms with E-state index in [1.54, 1.807) is 18.3 Å². The van der Waals surface area contributed by atoms with Crippen LogP contribution in [0.5, 0.6) is 0 Å². The third-order valence-electron chi connectivity index (χ3n) is 7.85. The molecule has 0 aliphatic carbocycles. The second-order valence-corrected chi connectivity index (χ2v) is 12.6. The van der Waals surface area contributed by atoms with Crippen molar-refractivity contribution in [2.24, 2.45) is 21.7 Å². The lowest BCUT2D eigenvalue weighted by atomic mass is 9.59. The largest absolute Gasteiger partial charge is 0.378 e. The normalized spacial score (nSPS) is 14.4. The summed E-state index contributed by atoms with van der Waals surface area (Å²) in [6, 6.07) is 3.45. The molecule has 0 aromatic carbocycles. The summed E-state index contributed by atoms with van der Waals surface area (Å²) in [5, 5.41) is 5.84. The number of allylic oxidation sites excluding steroid dienone is 2. The molecular weight excluding hydrogens is 462 g/mol. The van der Waals surface area contributed by atoms with E-state index < -0.39 is 5.41 Å². The Bertz CT molecular complexity index is 862. The van der Waals surface area contributed by atoms with E-state index >= 15 is 0 Å². The van der Waals surface area contributed by atoms with Crippen LogP contribution in [-0.2, 0) is 9.53 Å². The average molecular weight is 516 g/mol. The number of nitrogens with one attached hydrogen (secondary N) is 2. The topological polar surface area (TPSA) is 80.3 Å². The molecule has 0 radical (unpaired) electrons. The summed E-state index contributed by atoms with van der Waals surface area (Å²) in [5.74, 6) is -0.131.